The smallest absolute Gasteiger partial charge is 0.418 e. The minimum Gasteiger partial charge on any atom is -0.418 e. The Balaban J connectivity index is 0.000000312. The fourth-order valence-corrected chi connectivity index (χ4v) is 1.09. The molecule has 3 N–H and O–H groups in total. The fraction of sp³-hybridized carbons (Fsp3) is 0.125. The molecule has 0 aliphatic rings. The van der Waals surface area contributed by atoms with Gasteiger partial charge in [-0.1, -0.05) is 12.1 Å². The third kappa shape index (κ3) is 5.23. The third-order valence-corrected chi connectivity index (χ3v) is 1.77. The molecule has 0 aliphatic carbocycles. The third-order valence-electron chi connectivity index (χ3n) is 1.77. The largest absolute Gasteiger partial charge is 0.673 e. The van der Waals surface area contributed by atoms with Gasteiger partial charge >= 0.3 is 13.3 Å². The number of halogens is 4. The predicted octanol–water partition coefficient (Wildman–Crippen LogP) is 0.524. The normalized spacial score (nSPS) is 11.9. The van der Waals surface area contributed by atoms with E-state index in [1.165, 1.54) is 4.85 Å². The van der Waals surface area contributed by atoms with E-state index in [1.807, 2.05) is 24.3 Å². The van der Waals surface area contributed by atoms with Crippen molar-refractivity contribution in [3.8, 4) is 0 Å². The van der Waals surface area contributed by atoms with Gasteiger partial charge in [-0.05, 0) is 17.3 Å². The zero-order valence-electron chi connectivity index (χ0n) is 9.73. The molecule has 104 valence electrons. The number of nitrogens with two attached hydrogens (primary N) is 1. The highest BCUT2D eigenvalue weighted by Gasteiger charge is 2.20. The minimum atomic E-state index is -6.00. The SMILES string of the molecule is CN=C(N)O[n+]1[nH]nc2ccccc21.F[B-](F)(F)F. The molecule has 0 bridgehead atoms. The lowest BCUT2D eigenvalue weighted by molar-refractivity contribution is -0.892. The highest BCUT2D eigenvalue weighted by atomic mass is 19.5. The van der Waals surface area contributed by atoms with Crippen LogP contribution in [0.3, 0.4) is 0 Å². The van der Waals surface area contributed by atoms with Crippen LogP contribution in [0.1, 0.15) is 0 Å². The van der Waals surface area contributed by atoms with Crippen molar-refractivity contribution in [1.29, 1.82) is 0 Å². The summed E-state index contributed by atoms with van der Waals surface area (Å²) in [5.74, 6) is 0. The number of rotatable bonds is 1. The summed E-state index contributed by atoms with van der Waals surface area (Å²) < 4.78 is 39.0. The Bertz CT molecular complexity index is 564. The summed E-state index contributed by atoms with van der Waals surface area (Å²) in [7, 11) is -4.45. The van der Waals surface area contributed by atoms with Gasteiger partial charge in [0.05, 0.1) is 0 Å². The van der Waals surface area contributed by atoms with Crippen LogP contribution in [-0.2, 0) is 0 Å². The maximum absolute atomic E-state index is 9.75. The van der Waals surface area contributed by atoms with Crippen LogP contribution in [0.15, 0.2) is 29.3 Å². The average molecular weight is 279 g/mol. The maximum atomic E-state index is 9.75. The molecule has 2 rings (SSSR count). The van der Waals surface area contributed by atoms with Crippen molar-refractivity contribution < 1.29 is 26.9 Å². The zero-order chi connectivity index (χ0) is 14.5. The number of aliphatic imine (C=N–C) groups is 1. The number of hydrogen-bond acceptors (Lipinski definition) is 3. The van der Waals surface area contributed by atoms with E-state index in [2.05, 4.69) is 15.3 Å². The summed E-state index contributed by atoms with van der Waals surface area (Å²) in [5, 5.41) is 6.67. The molecule has 0 atom stereocenters. The number of aromatic nitrogens is 3. The van der Waals surface area contributed by atoms with E-state index in [9.17, 15) is 17.3 Å². The second-order valence-electron chi connectivity index (χ2n) is 3.14. The molecule has 6 nitrogen and oxygen atoms in total. The first-order chi connectivity index (χ1) is 8.81. The standard InChI is InChI=1S/C8H9N5O.BF4/c1-10-8(9)14-13-7-5-3-2-4-6(7)11-12-13;2-1(3,4)5/h2-5H,1H3,(H2,9,10);/q;-1/p+1. The topological polar surface area (TPSA) is 80.2 Å². The summed E-state index contributed by atoms with van der Waals surface area (Å²) in [6.07, 6.45) is 0. The number of para-hydroxylation sites is 2. The van der Waals surface area contributed by atoms with Crippen molar-refractivity contribution >= 4 is 24.3 Å². The van der Waals surface area contributed by atoms with Crippen LogP contribution in [0.25, 0.3) is 11.0 Å². The first-order valence-electron chi connectivity index (χ1n) is 4.94. The van der Waals surface area contributed by atoms with Gasteiger partial charge < -0.3 is 23.0 Å². The lowest BCUT2D eigenvalue weighted by atomic mass is 10.3. The molecule has 2 aromatic rings. The number of aromatic amines is 1. The van der Waals surface area contributed by atoms with Gasteiger partial charge in [0.2, 0.25) is 5.52 Å². The monoisotopic (exact) mass is 279 g/mol. The molecule has 1 heterocycles. The Labute approximate surface area is 104 Å². The first-order valence-corrected chi connectivity index (χ1v) is 4.94. The number of H-pyrrole nitrogens is 1. The van der Waals surface area contributed by atoms with Gasteiger partial charge in [0.1, 0.15) is 0 Å². The Kier molecular flexibility index (Phi) is 4.67. The summed E-state index contributed by atoms with van der Waals surface area (Å²) >= 11 is 0. The lowest BCUT2D eigenvalue weighted by Crippen LogP contribution is -2.50. The Morgan fingerprint density at radius 3 is 2.53 bits per heavy atom. The first kappa shape index (κ1) is 14.7. The van der Waals surface area contributed by atoms with Crippen LogP contribution in [0, 0.1) is 0 Å². The summed E-state index contributed by atoms with van der Waals surface area (Å²) in [6, 6.07) is 7.58. The van der Waals surface area contributed by atoms with Gasteiger partial charge in [-0.15, -0.1) is 0 Å². The summed E-state index contributed by atoms with van der Waals surface area (Å²) in [5.41, 5.74) is 7.02. The van der Waals surface area contributed by atoms with Gasteiger partial charge in [-0.2, -0.15) is 0 Å². The summed E-state index contributed by atoms with van der Waals surface area (Å²) in [4.78, 5) is 10.2. The number of fused-ring (bicyclic) bond motifs is 1. The molecular weight excluding hydrogens is 269 g/mol. The van der Waals surface area contributed by atoms with Gasteiger partial charge in [-0.3, -0.25) is 0 Å². The van der Waals surface area contributed by atoms with E-state index in [0.717, 1.165) is 11.0 Å². The van der Waals surface area contributed by atoms with E-state index in [1.54, 1.807) is 7.05 Å². The molecular formula is C8H10BF4N5O. The average Bonchev–Trinajstić information content (AvgIpc) is 2.71. The van der Waals surface area contributed by atoms with E-state index in [-0.39, 0.29) is 6.02 Å². The van der Waals surface area contributed by atoms with Crippen molar-refractivity contribution in [2.45, 2.75) is 0 Å². The quantitative estimate of drug-likeness (QED) is 0.262. The van der Waals surface area contributed by atoms with Crippen molar-refractivity contribution in [2.75, 3.05) is 7.05 Å². The van der Waals surface area contributed by atoms with Crippen LogP contribution in [-0.4, -0.2) is 30.6 Å². The van der Waals surface area contributed by atoms with Crippen LogP contribution >= 0.6 is 0 Å². The second kappa shape index (κ2) is 6.02. The molecule has 1 aromatic heterocycles. The molecule has 0 saturated carbocycles. The second-order valence-corrected chi connectivity index (χ2v) is 3.14. The molecule has 0 aliphatic heterocycles. The number of benzene rings is 1. The van der Waals surface area contributed by atoms with Crippen molar-refractivity contribution in [3.05, 3.63) is 24.3 Å². The maximum Gasteiger partial charge on any atom is 0.673 e. The van der Waals surface area contributed by atoms with Crippen LogP contribution < -0.4 is 15.4 Å². The fourth-order valence-electron chi connectivity index (χ4n) is 1.09. The molecule has 1 aromatic carbocycles. The van der Waals surface area contributed by atoms with E-state index in [0.29, 0.717) is 0 Å². The van der Waals surface area contributed by atoms with Crippen molar-refractivity contribution in [1.82, 2.24) is 10.3 Å². The summed E-state index contributed by atoms with van der Waals surface area (Å²) in [6.45, 7) is 0. The lowest BCUT2D eigenvalue weighted by Gasteiger charge is -1.94. The molecule has 0 unspecified atom stereocenters. The molecule has 0 saturated heterocycles. The van der Waals surface area contributed by atoms with Crippen LogP contribution in [0.4, 0.5) is 17.3 Å². The van der Waals surface area contributed by atoms with Crippen LogP contribution in [0.5, 0.6) is 0 Å². The molecule has 11 heteroatoms. The van der Waals surface area contributed by atoms with Crippen molar-refractivity contribution in [2.24, 2.45) is 10.7 Å². The molecule has 19 heavy (non-hydrogen) atoms. The molecule has 0 radical (unpaired) electrons. The van der Waals surface area contributed by atoms with Gasteiger partial charge in [0.15, 0.2) is 0 Å². The highest BCUT2D eigenvalue weighted by Crippen LogP contribution is 2.06. The number of nitrogens with zero attached hydrogens (tertiary/aromatic N) is 3. The van der Waals surface area contributed by atoms with Crippen LogP contribution in [0.2, 0.25) is 0 Å². The van der Waals surface area contributed by atoms with E-state index < -0.39 is 7.25 Å². The van der Waals surface area contributed by atoms with Gasteiger partial charge in [-0.25, -0.2) is 9.83 Å². The number of hydrogen-bond donors (Lipinski definition) is 2. The van der Waals surface area contributed by atoms with Gasteiger partial charge in [0.25, 0.3) is 5.52 Å². The molecule has 0 fully saturated rings. The van der Waals surface area contributed by atoms with Crippen molar-refractivity contribution in [3.63, 3.8) is 0 Å². The Morgan fingerprint density at radius 2 is 1.95 bits per heavy atom. The predicted molar refractivity (Wildman–Crippen MR) is 60.6 cm³/mol. The zero-order valence-corrected chi connectivity index (χ0v) is 9.73. The van der Waals surface area contributed by atoms with E-state index >= 15 is 0 Å². The molecule has 0 amide bonds. The number of amidine groups is 1. The van der Waals surface area contributed by atoms with Gasteiger partial charge in [0, 0.05) is 17.0 Å². The number of nitrogens with one attached hydrogen (secondary N) is 1. The highest BCUT2D eigenvalue weighted by molar-refractivity contribution is 6.50. The Morgan fingerprint density at radius 1 is 1.37 bits per heavy atom. The molecule has 0 spiro atoms. The Hall–Kier alpha value is -2.33. The van der Waals surface area contributed by atoms with E-state index in [4.69, 9.17) is 10.6 Å². The minimum absolute atomic E-state index is 0.0735.